The van der Waals surface area contributed by atoms with Gasteiger partial charge in [0.15, 0.2) is 0 Å². The molecule has 0 saturated carbocycles. The first-order chi connectivity index (χ1) is 10.1. The van der Waals surface area contributed by atoms with E-state index in [2.05, 4.69) is 10.3 Å². The van der Waals surface area contributed by atoms with Crippen molar-refractivity contribution in [3.05, 3.63) is 39.2 Å². The van der Waals surface area contributed by atoms with E-state index in [9.17, 15) is 9.18 Å². The van der Waals surface area contributed by atoms with Gasteiger partial charge in [-0.2, -0.15) is 0 Å². The van der Waals surface area contributed by atoms with Gasteiger partial charge in [-0.1, -0.05) is 18.5 Å². The lowest BCUT2D eigenvalue weighted by Gasteiger charge is -2.32. The van der Waals surface area contributed by atoms with Crippen molar-refractivity contribution < 1.29 is 4.39 Å². The molecule has 0 atom stereocenters. The summed E-state index contributed by atoms with van der Waals surface area (Å²) in [6, 6.07) is 2.64. The minimum Gasteiger partial charge on any atom is -0.313 e. The Morgan fingerprint density at radius 2 is 2.10 bits per heavy atom. The molecule has 1 aliphatic heterocycles. The van der Waals surface area contributed by atoms with Crippen LogP contribution in [0.2, 0.25) is 5.02 Å². The highest BCUT2D eigenvalue weighted by Crippen LogP contribution is 2.22. The number of piperazine rings is 1. The Bertz CT molecular complexity index is 740. The third-order valence-corrected chi connectivity index (χ3v) is 3.98. The molecule has 1 aromatic carbocycles. The predicted octanol–water partition coefficient (Wildman–Crippen LogP) is 1.29. The zero-order chi connectivity index (χ0) is 15.0. The second-order valence-corrected chi connectivity index (χ2v) is 5.36. The van der Waals surface area contributed by atoms with Crippen molar-refractivity contribution in [1.82, 2.24) is 15.0 Å². The molecule has 0 aliphatic carbocycles. The summed E-state index contributed by atoms with van der Waals surface area (Å²) in [4.78, 5) is 17.1. The Kier molecular flexibility index (Phi) is 3.82. The molecule has 0 amide bonds. The number of hydrogen-bond acceptors (Lipinski definition) is 4. The lowest BCUT2D eigenvalue weighted by molar-refractivity contribution is 0.467. The van der Waals surface area contributed by atoms with Crippen LogP contribution in [0.1, 0.15) is 12.7 Å². The van der Waals surface area contributed by atoms with Crippen LogP contribution in [0.25, 0.3) is 10.9 Å². The van der Waals surface area contributed by atoms with Crippen LogP contribution in [0.3, 0.4) is 0 Å². The number of rotatable bonds is 2. The highest BCUT2D eigenvalue weighted by Gasteiger charge is 2.20. The molecule has 21 heavy (non-hydrogen) atoms. The predicted molar refractivity (Wildman–Crippen MR) is 81.2 cm³/mol. The molecule has 5 nitrogen and oxygen atoms in total. The maximum absolute atomic E-state index is 13.9. The van der Waals surface area contributed by atoms with Crippen molar-refractivity contribution >= 4 is 22.5 Å². The molecule has 2 heterocycles. The number of aryl methyl sites for hydroxylation is 1. The molecular weight excluding hydrogens is 295 g/mol. The van der Waals surface area contributed by atoms with Crippen LogP contribution in [-0.2, 0) is 6.42 Å². The molecule has 0 radical (unpaired) electrons. The van der Waals surface area contributed by atoms with E-state index in [1.165, 1.54) is 12.1 Å². The Morgan fingerprint density at radius 3 is 2.76 bits per heavy atom. The van der Waals surface area contributed by atoms with E-state index in [4.69, 9.17) is 11.6 Å². The summed E-state index contributed by atoms with van der Waals surface area (Å²) < 4.78 is 15.5. The average Bonchev–Trinajstić information content (AvgIpc) is 2.51. The standard InChI is InChI=1S/C14H16ClFN4O/c1-2-11-18-13-10(16)4-3-9(15)12(13)14(21)20(11)19-7-5-17-6-8-19/h3-4,17H,2,5-8H2,1H3. The van der Waals surface area contributed by atoms with E-state index >= 15 is 0 Å². The lowest BCUT2D eigenvalue weighted by atomic mass is 10.2. The van der Waals surface area contributed by atoms with Gasteiger partial charge in [0.25, 0.3) is 5.56 Å². The fourth-order valence-corrected chi connectivity index (χ4v) is 2.86. The zero-order valence-corrected chi connectivity index (χ0v) is 12.5. The fraction of sp³-hybridized carbons (Fsp3) is 0.429. The molecule has 1 fully saturated rings. The fourth-order valence-electron chi connectivity index (χ4n) is 2.63. The van der Waals surface area contributed by atoms with Crippen LogP contribution in [0, 0.1) is 5.82 Å². The third kappa shape index (κ3) is 2.38. The molecule has 0 spiro atoms. The van der Waals surface area contributed by atoms with Crippen molar-refractivity contribution in [3.63, 3.8) is 0 Å². The lowest BCUT2D eigenvalue weighted by Crippen LogP contribution is -2.53. The smallest absolute Gasteiger partial charge is 0.281 e. The molecule has 112 valence electrons. The number of nitrogens with zero attached hydrogens (tertiary/aromatic N) is 3. The van der Waals surface area contributed by atoms with Crippen molar-refractivity contribution in [2.45, 2.75) is 13.3 Å². The SMILES string of the molecule is CCc1nc2c(F)ccc(Cl)c2c(=O)n1N1CCNCC1. The highest BCUT2D eigenvalue weighted by molar-refractivity contribution is 6.35. The Morgan fingerprint density at radius 1 is 1.38 bits per heavy atom. The molecule has 1 aliphatic rings. The topological polar surface area (TPSA) is 50.2 Å². The van der Waals surface area contributed by atoms with Gasteiger partial charge in [-0.3, -0.25) is 4.79 Å². The first-order valence-corrected chi connectivity index (χ1v) is 7.37. The van der Waals surface area contributed by atoms with Crippen LogP contribution >= 0.6 is 11.6 Å². The molecule has 1 aromatic heterocycles. The Balaban J connectivity index is 2.30. The molecular formula is C14H16ClFN4O. The minimum atomic E-state index is -0.520. The van der Waals surface area contributed by atoms with Crippen LogP contribution in [0.15, 0.2) is 16.9 Å². The number of benzene rings is 1. The van der Waals surface area contributed by atoms with Gasteiger partial charge in [-0.25, -0.2) is 14.1 Å². The van der Waals surface area contributed by atoms with Crippen LogP contribution in [0.5, 0.6) is 0 Å². The van der Waals surface area contributed by atoms with E-state index in [0.717, 1.165) is 13.1 Å². The van der Waals surface area contributed by atoms with Crippen molar-refractivity contribution in [2.24, 2.45) is 0 Å². The highest BCUT2D eigenvalue weighted by atomic mass is 35.5. The van der Waals surface area contributed by atoms with E-state index in [-0.39, 0.29) is 21.5 Å². The van der Waals surface area contributed by atoms with Gasteiger partial charge in [0.1, 0.15) is 17.2 Å². The van der Waals surface area contributed by atoms with Gasteiger partial charge in [0, 0.05) is 32.6 Å². The summed E-state index contributed by atoms with van der Waals surface area (Å²) in [5.41, 5.74) is -0.251. The van der Waals surface area contributed by atoms with E-state index in [0.29, 0.717) is 25.3 Å². The van der Waals surface area contributed by atoms with Crippen molar-refractivity contribution in [3.8, 4) is 0 Å². The number of halogens is 2. The summed E-state index contributed by atoms with van der Waals surface area (Å²) in [5, 5.41) is 5.55. The second kappa shape index (κ2) is 5.61. The second-order valence-electron chi connectivity index (χ2n) is 4.96. The normalized spacial score (nSPS) is 15.7. The molecule has 0 bridgehead atoms. The Labute approximate surface area is 126 Å². The van der Waals surface area contributed by atoms with Crippen LogP contribution < -0.4 is 15.9 Å². The van der Waals surface area contributed by atoms with Crippen molar-refractivity contribution in [2.75, 3.05) is 31.2 Å². The minimum absolute atomic E-state index is 0.0516. The number of fused-ring (bicyclic) bond motifs is 1. The van der Waals surface area contributed by atoms with Gasteiger partial charge in [-0.15, -0.1) is 0 Å². The van der Waals surface area contributed by atoms with E-state index in [1.807, 2.05) is 11.9 Å². The summed E-state index contributed by atoms with van der Waals surface area (Å²) in [6.45, 7) is 4.89. The van der Waals surface area contributed by atoms with Crippen LogP contribution in [0.4, 0.5) is 4.39 Å². The zero-order valence-electron chi connectivity index (χ0n) is 11.7. The van der Waals surface area contributed by atoms with Gasteiger partial charge in [-0.05, 0) is 12.1 Å². The van der Waals surface area contributed by atoms with Gasteiger partial charge in [0.05, 0.1) is 10.4 Å². The monoisotopic (exact) mass is 310 g/mol. The largest absolute Gasteiger partial charge is 0.313 e. The van der Waals surface area contributed by atoms with Crippen LogP contribution in [-0.4, -0.2) is 35.8 Å². The Hall–Kier alpha value is -1.66. The van der Waals surface area contributed by atoms with Gasteiger partial charge in [0.2, 0.25) is 0 Å². The van der Waals surface area contributed by atoms with E-state index < -0.39 is 5.82 Å². The number of nitrogens with one attached hydrogen (secondary N) is 1. The number of aromatic nitrogens is 2. The summed E-state index contributed by atoms with van der Waals surface area (Å²) in [7, 11) is 0. The summed E-state index contributed by atoms with van der Waals surface area (Å²) >= 11 is 6.09. The molecule has 7 heteroatoms. The maximum atomic E-state index is 13.9. The first kappa shape index (κ1) is 14.3. The molecule has 1 saturated heterocycles. The molecule has 2 aromatic rings. The quantitative estimate of drug-likeness (QED) is 0.908. The van der Waals surface area contributed by atoms with Crippen molar-refractivity contribution in [1.29, 1.82) is 0 Å². The first-order valence-electron chi connectivity index (χ1n) is 6.99. The number of hydrogen-bond donors (Lipinski definition) is 1. The summed E-state index contributed by atoms with van der Waals surface area (Å²) in [5.74, 6) is 0.0317. The maximum Gasteiger partial charge on any atom is 0.281 e. The van der Waals surface area contributed by atoms with E-state index in [1.54, 1.807) is 4.68 Å². The summed E-state index contributed by atoms with van der Waals surface area (Å²) in [6.07, 6.45) is 0.543. The van der Waals surface area contributed by atoms with Gasteiger partial charge < -0.3 is 10.3 Å². The molecule has 1 N–H and O–H groups in total. The van der Waals surface area contributed by atoms with Gasteiger partial charge >= 0.3 is 0 Å². The molecule has 0 unspecified atom stereocenters. The third-order valence-electron chi connectivity index (χ3n) is 3.66. The average molecular weight is 311 g/mol. The molecule has 3 rings (SSSR count).